The summed E-state index contributed by atoms with van der Waals surface area (Å²) in [6.07, 6.45) is -1.42. The zero-order valence-corrected chi connectivity index (χ0v) is 19.9. The van der Waals surface area contributed by atoms with Crippen LogP contribution in [0.15, 0.2) is 0 Å². The van der Waals surface area contributed by atoms with Gasteiger partial charge >= 0.3 is 17.9 Å². The third-order valence-corrected chi connectivity index (χ3v) is 6.03. The van der Waals surface area contributed by atoms with Crippen molar-refractivity contribution in [2.24, 2.45) is 40.0 Å². The van der Waals surface area contributed by atoms with Crippen LogP contribution in [0.2, 0.25) is 0 Å². The average molecular weight is 504 g/mol. The van der Waals surface area contributed by atoms with Crippen molar-refractivity contribution >= 4 is 35.3 Å². The number of Topliss-reactive ketones (excluding diaryl/α,β-unsaturated/α-hetero) is 3. The van der Waals surface area contributed by atoms with E-state index < -0.39 is 89.5 Å². The van der Waals surface area contributed by atoms with Crippen LogP contribution >= 0.6 is 0 Å². The highest BCUT2D eigenvalue weighted by Gasteiger charge is 2.70. The van der Waals surface area contributed by atoms with Gasteiger partial charge in [0.05, 0.1) is 24.5 Å². The van der Waals surface area contributed by atoms with Gasteiger partial charge in [-0.3, -0.25) is 24.0 Å². The molecule has 13 N–H and O–H groups in total. The first kappa shape index (κ1) is 32.2. The number of carboxylic acids is 3. The zero-order chi connectivity index (χ0) is 27.7. The van der Waals surface area contributed by atoms with Crippen molar-refractivity contribution in [1.82, 2.24) is 0 Å². The number of hydrogen-bond donors (Lipinski definition) is 8. The Kier molecular flexibility index (Phi) is 12.3. The summed E-state index contributed by atoms with van der Waals surface area (Å²) in [5.41, 5.74) is 22.9. The van der Waals surface area contributed by atoms with Crippen LogP contribution in [0.4, 0.5) is 0 Å². The minimum Gasteiger partial charge on any atom is -0.481 e. The largest absolute Gasteiger partial charge is 0.481 e. The van der Waals surface area contributed by atoms with Crippen LogP contribution in [0.1, 0.15) is 52.4 Å². The summed E-state index contributed by atoms with van der Waals surface area (Å²) in [6.45, 7) is 2.76. The van der Waals surface area contributed by atoms with Gasteiger partial charge in [-0.15, -0.1) is 0 Å². The average Bonchev–Trinajstić information content (AvgIpc) is 2.75. The molecule has 0 aromatic rings. The molecule has 14 heteroatoms. The third kappa shape index (κ3) is 6.89. The van der Waals surface area contributed by atoms with Crippen LogP contribution in [-0.2, 0) is 28.8 Å². The minimum absolute atomic E-state index is 0.0408. The second kappa shape index (κ2) is 13.3. The highest BCUT2D eigenvalue weighted by Crippen LogP contribution is 2.43. The molecule has 0 saturated carbocycles. The lowest BCUT2D eigenvalue weighted by molar-refractivity contribution is -0.170. The van der Waals surface area contributed by atoms with E-state index >= 15 is 0 Å². The van der Waals surface area contributed by atoms with Crippen molar-refractivity contribution in [2.45, 2.75) is 76.0 Å². The van der Waals surface area contributed by atoms with Gasteiger partial charge in [-0.2, -0.15) is 0 Å². The lowest BCUT2D eigenvalue weighted by atomic mass is 9.53. The summed E-state index contributed by atoms with van der Waals surface area (Å²) in [6, 6.07) is -5.18. The van der Waals surface area contributed by atoms with Gasteiger partial charge < -0.3 is 44.0 Å². The molecule has 0 aromatic heterocycles. The van der Waals surface area contributed by atoms with Crippen molar-refractivity contribution in [1.29, 1.82) is 0 Å². The monoisotopic (exact) mass is 503 g/mol. The van der Waals surface area contributed by atoms with Crippen molar-refractivity contribution in [3.63, 3.8) is 0 Å². The highest BCUT2D eigenvalue weighted by molar-refractivity contribution is 6.25. The first-order valence-corrected chi connectivity index (χ1v) is 11.1. The molecule has 0 fully saturated rings. The van der Waals surface area contributed by atoms with E-state index in [1.165, 1.54) is 13.8 Å². The molecule has 35 heavy (non-hydrogen) atoms. The van der Waals surface area contributed by atoms with Crippen LogP contribution in [0.3, 0.4) is 0 Å². The molecular formula is C21H37N5O9. The SMILES string of the molecule is CC(C)C(C(=O)C(N)CCCCN)(C(=O)C(N)CC(=O)O)C(N)(C(=O)O)C(=O)C(N)CCC(=O)O. The zero-order valence-electron chi connectivity index (χ0n) is 19.9. The third-order valence-electron chi connectivity index (χ3n) is 6.03. The van der Waals surface area contributed by atoms with Gasteiger partial charge in [0.15, 0.2) is 22.9 Å². The van der Waals surface area contributed by atoms with Crippen LogP contribution in [0.5, 0.6) is 0 Å². The summed E-state index contributed by atoms with van der Waals surface area (Å²) in [5, 5.41) is 28.1. The van der Waals surface area contributed by atoms with E-state index in [9.17, 15) is 33.9 Å². The summed E-state index contributed by atoms with van der Waals surface area (Å²) < 4.78 is 0. The van der Waals surface area contributed by atoms with Crippen LogP contribution in [0.25, 0.3) is 0 Å². The van der Waals surface area contributed by atoms with E-state index in [1.807, 2.05) is 0 Å². The molecule has 0 heterocycles. The van der Waals surface area contributed by atoms with Crippen molar-refractivity contribution in [2.75, 3.05) is 6.54 Å². The summed E-state index contributed by atoms with van der Waals surface area (Å²) in [5.74, 6) is -10.3. The van der Waals surface area contributed by atoms with Crippen LogP contribution in [-0.4, -0.2) is 80.8 Å². The number of hydrogen-bond acceptors (Lipinski definition) is 11. The first-order chi connectivity index (χ1) is 16.0. The topological polar surface area (TPSA) is 293 Å². The molecule has 200 valence electrons. The molecule has 0 saturated heterocycles. The maximum Gasteiger partial charge on any atom is 0.333 e. The number of aliphatic carboxylic acids is 3. The molecule has 0 spiro atoms. The summed E-state index contributed by atoms with van der Waals surface area (Å²) in [7, 11) is 0. The fourth-order valence-corrected chi connectivity index (χ4v) is 4.21. The van der Waals surface area contributed by atoms with Gasteiger partial charge in [0.1, 0.15) is 5.41 Å². The van der Waals surface area contributed by atoms with E-state index in [0.29, 0.717) is 12.8 Å². The normalized spacial score (nSPS) is 17.5. The number of ketones is 3. The van der Waals surface area contributed by atoms with E-state index in [4.69, 9.17) is 38.9 Å². The lowest BCUT2D eigenvalue weighted by Gasteiger charge is -2.47. The molecule has 0 radical (unpaired) electrons. The van der Waals surface area contributed by atoms with Gasteiger partial charge in [-0.1, -0.05) is 20.3 Å². The first-order valence-electron chi connectivity index (χ1n) is 11.1. The Morgan fingerprint density at radius 2 is 1.23 bits per heavy atom. The number of carboxylic acid groups (broad SMARTS) is 3. The van der Waals surface area contributed by atoms with Gasteiger partial charge in [-0.05, 0) is 31.7 Å². The standard InChI is InChI=1S/C21H37N5O9/c1-10(2)20(17(32)13(25)9-15(29)30,16(31)11(23)5-3-4-8-22)21(26,19(34)35)18(33)12(24)6-7-14(27)28/h10-13H,3-9,22-26H2,1-2H3,(H,27,28)(H,29,30)(H,34,35). The number of nitrogens with two attached hydrogens (primary N) is 5. The predicted octanol–water partition coefficient (Wildman–Crippen LogP) is -2.43. The molecule has 0 aliphatic carbocycles. The quantitative estimate of drug-likeness (QED) is 0.0712. The number of unbranched alkanes of at least 4 members (excludes halogenated alkanes) is 1. The van der Waals surface area contributed by atoms with Crippen molar-refractivity contribution in [3.05, 3.63) is 0 Å². The Morgan fingerprint density at radius 3 is 1.63 bits per heavy atom. The number of carbonyl (C=O) groups excluding carboxylic acids is 3. The Morgan fingerprint density at radius 1 is 0.743 bits per heavy atom. The van der Waals surface area contributed by atoms with Gasteiger partial charge in [-0.25, -0.2) is 4.79 Å². The molecule has 0 aliphatic heterocycles. The Bertz CT molecular complexity index is 834. The summed E-state index contributed by atoms with van der Waals surface area (Å²) >= 11 is 0. The molecule has 5 unspecified atom stereocenters. The molecular weight excluding hydrogens is 466 g/mol. The Labute approximate surface area is 202 Å². The van der Waals surface area contributed by atoms with Crippen LogP contribution < -0.4 is 28.7 Å². The second-order valence-corrected chi connectivity index (χ2v) is 8.80. The molecule has 0 aromatic carbocycles. The molecule has 0 bridgehead atoms. The Hall–Kier alpha value is -2.78. The summed E-state index contributed by atoms with van der Waals surface area (Å²) in [4.78, 5) is 75.5. The Balaban J connectivity index is 7.11. The minimum atomic E-state index is -3.32. The van der Waals surface area contributed by atoms with Crippen molar-refractivity contribution in [3.8, 4) is 0 Å². The van der Waals surface area contributed by atoms with E-state index in [-0.39, 0.29) is 13.0 Å². The molecule has 0 amide bonds. The predicted molar refractivity (Wildman–Crippen MR) is 123 cm³/mol. The van der Waals surface area contributed by atoms with E-state index in [0.717, 1.165) is 0 Å². The van der Waals surface area contributed by atoms with Gasteiger partial charge in [0, 0.05) is 6.42 Å². The van der Waals surface area contributed by atoms with E-state index in [2.05, 4.69) is 0 Å². The van der Waals surface area contributed by atoms with Gasteiger partial charge in [0.25, 0.3) is 0 Å². The van der Waals surface area contributed by atoms with Gasteiger partial charge in [0.2, 0.25) is 0 Å². The smallest absolute Gasteiger partial charge is 0.333 e. The van der Waals surface area contributed by atoms with E-state index in [1.54, 1.807) is 0 Å². The molecule has 0 rings (SSSR count). The molecule has 0 aliphatic rings. The maximum absolute atomic E-state index is 13.8. The number of rotatable bonds is 18. The number of carbonyl (C=O) groups is 6. The second-order valence-electron chi connectivity index (χ2n) is 8.80. The fraction of sp³-hybridized carbons (Fsp3) is 0.714. The maximum atomic E-state index is 13.8. The van der Waals surface area contributed by atoms with Crippen LogP contribution in [0, 0.1) is 11.3 Å². The fourth-order valence-electron chi connectivity index (χ4n) is 4.21. The lowest BCUT2D eigenvalue weighted by Crippen LogP contribution is -2.78. The van der Waals surface area contributed by atoms with Crippen molar-refractivity contribution < 1.29 is 44.1 Å². The highest BCUT2D eigenvalue weighted by atomic mass is 16.4. The molecule has 14 nitrogen and oxygen atoms in total. The molecule has 5 atom stereocenters.